The van der Waals surface area contributed by atoms with Gasteiger partial charge in [-0.05, 0) is 42.7 Å². The molecule has 0 saturated heterocycles. The summed E-state index contributed by atoms with van der Waals surface area (Å²) in [4.78, 5) is 34.1. The quantitative estimate of drug-likeness (QED) is 0.645. The first kappa shape index (κ1) is 19.7. The van der Waals surface area contributed by atoms with Crippen LogP contribution in [0.1, 0.15) is 37.6 Å². The highest BCUT2D eigenvalue weighted by Gasteiger charge is 2.15. The van der Waals surface area contributed by atoms with Gasteiger partial charge in [-0.1, -0.05) is 37.6 Å². The summed E-state index contributed by atoms with van der Waals surface area (Å²) in [5.41, 5.74) is 1.34. The van der Waals surface area contributed by atoms with E-state index in [4.69, 9.17) is 0 Å². The molecule has 0 bridgehead atoms. The Kier molecular flexibility index (Phi) is 6.53. The van der Waals surface area contributed by atoms with E-state index in [0.29, 0.717) is 36.1 Å². The number of carbonyl (C=O) groups excluding carboxylic acids is 1. The summed E-state index contributed by atoms with van der Waals surface area (Å²) in [5.74, 6) is 0.189. The van der Waals surface area contributed by atoms with Crippen molar-refractivity contribution in [3.8, 4) is 0 Å². The number of nitrogens with zero attached hydrogens (tertiary/aromatic N) is 2. The molecule has 0 spiro atoms. The molecule has 3 aromatic rings. The maximum absolute atomic E-state index is 13.0. The topological polar surface area (TPSA) is 66.1 Å². The number of para-hydroxylation sites is 1. The third-order valence-electron chi connectivity index (χ3n) is 4.68. The van der Waals surface area contributed by atoms with Crippen molar-refractivity contribution in [2.75, 3.05) is 6.54 Å². The monoisotopic (exact) mass is 381 g/mol. The normalized spacial score (nSPS) is 10.9. The van der Waals surface area contributed by atoms with Crippen molar-refractivity contribution in [1.29, 1.82) is 0 Å². The van der Waals surface area contributed by atoms with Gasteiger partial charge in [0, 0.05) is 13.0 Å². The van der Waals surface area contributed by atoms with E-state index in [0.717, 1.165) is 18.4 Å². The van der Waals surface area contributed by atoms with E-state index in [9.17, 15) is 14.0 Å². The zero-order chi connectivity index (χ0) is 19.9. The predicted octanol–water partition coefficient (Wildman–Crippen LogP) is 3.82. The fraction of sp³-hybridized carbons (Fsp3) is 0.318. The maximum atomic E-state index is 13.0. The molecule has 5 nitrogen and oxygen atoms in total. The van der Waals surface area contributed by atoms with Crippen molar-refractivity contribution in [3.05, 3.63) is 76.1 Å². The van der Waals surface area contributed by atoms with Crippen LogP contribution in [0.3, 0.4) is 0 Å². The number of hydrogen-bond acceptors (Lipinski definition) is 3. The Hall–Kier alpha value is -3.02. The summed E-state index contributed by atoms with van der Waals surface area (Å²) in [6.07, 6.45) is 2.71. The minimum absolute atomic E-state index is 0.00594. The fourth-order valence-electron chi connectivity index (χ4n) is 3.09. The van der Waals surface area contributed by atoms with E-state index < -0.39 is 0 Å². The number of H-pyrrole nitrogens is 1. The molecule has 0 unspecified atom stereocenters. The van der Waals surface area contributed by atoms with Crippen LogP contribution in [0, 0.1) is 5.82 Å². The van der Waals surface area contributed by atoms with Crippen LogP contribution in [0.25, 0.3) is 10.9 Å². The van der Waals surface area contributed by atoms with Crippen LogP contribution in [-0.4, -0.2) is 27.3 Å². The molecule has 0 fully saturated rings. The zero-order valence-electron chi connectivity index (χ0n) is 16.0. The largest absolute Gasteiger partial charge is 0.335 e. The second-order valence-corrected chi connectivity index (χ2v) is 6.83. The average Bonchev–Trinajstić information content (AvgIpc) is 2.70. The molecule has 0 aliphatic rings. The van der Waals surface area contributed by atoms with Crippen molar-refractivity contribution in [1.82, 2.24) is 14.9 Å². The van der Waals surface area contributed by atoms with E-state index in [2.05, 4.69) is 16.9 Å². The Morgan fingerprint density at radius 3 is 2.64 bits per heavy atom. The second kappa shape index (κ2) is 9.26. The van der Waals surface area contributed by atoms with Crippen LogP contribution in [0.15, 0.2) is 53.3 Å². The van der Waals surface area contributed by atoms with Crippen molar-refractivity contribution in [3.63, 3.8) is 0 Å². The average molecular weight is 381 g/mol. The van der Waals surface area contributed by atoms with Gasteiger partial charge in [-0.25, -0.2) is 9.37 Å². The molecule has 1 amide bonds. The van der Waals surface area contributed by atoms with E-state index in [1.807, 2.05) is 6.07 Å². The van der Waals surface area contributed by atoms with Gasteiger partial charge in [0.05, 0.1) is 17.4 Å². The van der Waals surface area contributed by atoms with Gasteiger partial charge in [0.2, 0.25) is 5.91 Å². The summed E-state index contributed by atoms with van der Waals surface area (Å²) >= 11 is 0. The molecule has 0 aliphatic heterocycles. The van der Waals surface area contributed by atoms with E-state index in [1.54, 1.807) is 35.2 Å². The van der Waals surface area contributed by atoms with Crippen molar-refractivity contribution in [2.24, 2.45) is 0 Å². The number of aromatic nitrogens is 2. The first-order valence-corrected chi connectivity index (χ1v) is 9.57. The lowest BCUT2D eigenvalue weighted by Crippen LogP contribution is -2.33. The van der Waals surface area contributed by atoms with Gasteiger partial charge >= 0.3 is 0 Å². The van der Waals surface area contributed by atoms with E-state index in [1.165, 1.54) is 12.1 Å². The smallest absolute Gasteiger partial charge is 0.258 e. The molecular weight excluding hydrogens is 357 g/mol. The number of amides is 1. The Morgan fingerprint density at radius 2 is 1.89 bits per heavy atom. The predicted molar refractivity (Wildman–Crippen MR) is 107 cm³/mol. The molecule has 0 atom stereocenters. The zero-order valence-corrected chi connectivity index (χ0v) is 16.0. The van der Waals surface area contributed by atoms with Crippen molar-refractivity contribution in [2.45, 2.75) is 39.2 Å². The minimum atomic E-state index is -0.286. The van der Waals surface area contributed by atoms with Crippen LogP contribution >= 0.6 is 0 Å². The number of fused-ring (bicyclic) bond motifs is 1. The molecule has 0 radical (unpaired) electrons. The van der Waals surface area contributed by atoms with Crippen LogP contribution in [0.2, 0.25) is 0 Å². The number of benzene rings is 2. The lowest BCUT2D eigenvalue weighted by atomic mass is 10.1. The molecule has 6 heteroatoms. The molecule has 3 rings (SSSR count). The Labute approximate surface area is 163 Å². The number of aryl methyl sites for hydroxylation is 1. The Morgan fingerprint density at radius 1 is 1.14 bits per heavy atom. The summed E-state index contributed by atoms with van der Waals surface area (Å²) < 4.78 is 13.0. The maximum Gasteiger partial charge on any atom is 0.258 e. The first-order chi connectivity index (χ1) is 13.6. The minimum Gasteiger partial charge on any atom is -0.335 e. The third-order valence-corrected chi connectivity index (χ3v) is 4.68. The second-order valence-electron chi connectivity index (χ2n) is 6.83. The number of rotatable bonds is 8. The van der Waals surface area contributed by atoms with Crippen LogP contribution in [0.5, 0.6) is 0 Å². The first-order valence-electron chi connectivity index (χ1n) is 9.57. The molecule has 2 aromatic carbocycles. The van der Waals surface area contributed by atoms with Gasteiger partial charge in [0.25, 0.3) is 5.56 Å². The van der Waals surface area contributed by atoms with Gasteiger partial charge < -0.3 is 9.88 Å². The molecular formula is C22H24FN3O2. The third kappa shape index (κ3) is 5.03. The van der Waals surface area contributed by atoms with E-state index in [-0.39, 0.29) is 23.8 Å². The number of halogens is 1. The summed E-state index contributed by atoms with van der Waals surface area (Å²) in [7, 11) is 0. The van der Waals surface area contributed by atoms with Crippen molar-refractivity contribution < 1.29 is 9.18 Å². The molecule has 28 heavy (non-hydrogen) atoms. The lowest BCUT2D eigenvalue weighted by molar-refractivity contribution is -0.132. The SMILES string of the molecule is CCCCN(Cc1nc2ccccc2c(=O)[nH]1)C(=O)CCc1ccc(F)cc1. The van der Waals surface area contributed by atoms with E-state index >= 15 is 0 Å². The highest BCUT2D eigenvalue weighted by atomic mass is 19.1. The fourth-order valence-corrected chi connectivity index (χ4v) is 3.09. The van der Waals surface area contributed by atoms with Gasteiger partial charge in [-0.2, -0.15) is 0 Å². The summed E-state index contributed by atoms with van der Waals surface area (Å²) in [5, 5.41) is 0.536. The molecule has 0 aliphatic carbocycles. The van der Waals surface area contributed by atoms with Gasteiger partial charge in [-0.3, -0.25) is 9.59 Å². The Balaban J connectivity index is 1.73. The molecule has 0 saturated carbocycles. The Bertz CT molecular complexity index is 999. The van der Waals surface area contributed by atoms with Crippen LogP contribution < -0.4 is 5.56 Å². The molecule has 1 heterocycles. The number of aromatic amines is 1. The number of nitrogens with one attached hydrogen (secondary N) is 1. The van der Waals surface area contributed by atoms with Crippen LogP contribution in [0.4, 0.5) is 4.39 Å². The van der Waals surface area contributed by atoms with Gasteiger partial charge in [-0.15, -0.1) is 0 Å². The highest BCUT2D eigenvalue weighted by molar-refractivity contribution is 5.78. The molecule has 1 aromatic heterocycles. The molecule has 146 valence electrons. The van der Waals surface area contributed by atoms with Gasteiger partial charge in [0.15, 0.2) is 0 Å². The summed E-state index contributed by atoms with van der Waals surface area (Å²) in [6, 6.07) is 13.3. The van der Waals surface area contributed by atoms with Gasteiger partial charge in [0.1, 0.15) is 11.6 Å². The molecule has 1 N–H and O–H groups in total. The number of hydrogen-bond donors (Lipinski definition) is 1. The summed E-state index contributed by atoms with van der Waals surface area (Å²) in [6.45, 7) is 2.94. The van der Waals surface area contributed by atoms with Crippen molar-refractivity contribution >= 4 is 16.8 Å². The van der Waals surface area contributed by atoms with Crippen LogP contribution in [-0.2, 0) is 17.8 Å². The number of carbonyl (C=O) groups is 1. The lowest BCUT2D eigenvalue weighted by Gasteiger charge is -2.22. The highest BCUT2D eigenvalue weighted by Crippen LogP contribution is 2.11. The standard InChI is InChI=1S/C22H24FN3O2/c1-2-3-14-26(21(27)13-10-16-8-11-17(23)12-9-16)15-20-24-19-7-5-4-6-18(19)22(28)25-20/h4-9,11-12H,2-3,10,13-15H2,1H3,(H,24,25,28). The number of unbranched alkanes of at least 4 members (excludes halogenated alkanes) is 1.